The molecule has 0 bridgehead atoms. The van der Waals surface area contributed by atoms with E-state index in [-0.39, 0.29) is 22.5 Å². The number of aromatic hydroxyl groups is 2. The van der Waals surface area contributed by atoms with Gasteiger partial charge in [0.25, 0.3) is 0 Å². The average Bonchev–Trinajstić information content (AvgIpc) is 2.53. The lowest BCUT2D eigenvalue weighted by Crippen LogP contribution is -2.09. The third kappa shape index (κ3) is 3.27. The Morgan fingerprint density at radius 3 is 2.31 bits per heavy atom. The van der Waals surface area contributed by atoms with Gasteiger partial charge in [0.2, 0.25) is 5.75 Å². The summed E-state index contributed by atoms with van der Waals surface area (Å²) in [7, 11) is -3.80. The molecule has 0 aliphatic carbocycles. The molecule has 136 valence electrons. The fraction of sp³-hybridized carbons (Fsp3) is 0.0625. The second kappa shape index (κ2) is 6.24. The van der Waals surface area contributed by atoms with E-state index in [0.717, 1.165) is 19.2 Å². The highest BCUT2D eigenvalue weighted by molar-refractivity contribution is 7.81. The molecule has 0 radical (unpaired) electrons. The summed E-state index contributed by atoms with van der Waals surface area (Å²) >= 11 is 0. The molecule has 0 saturated carbocycles. The zero-order valence-electron chi connectivity index (χ0n) is 13.2. The predicted molar refractivity (Wildman–Crippen MR) is 90.0 cm³/mol. The van der Waals surface area contributed by atoms with Crippen LogP contribution in [0.15, 0.2) is 45.6 Å². The van der Waals surface area contributed by atoms with Crippen LogP contribution in [-0.2, 0) is 10.4 Å². The Balaban J connectivity index is 2.29. The second-order valence-electron chi connectivity index (χ2n) is 5.16. The van der Waals surface area contributed by atoms with Gasteiger partial charge in [-0.25, -0.2) is 0 Å². The van der Waals surface area contributed by atoms with Crippen molar-refractivity contribution < 1.29 is 36.5 Å². The summed E-state index contributed by atoms with van der Waals surface area (Å²) in [5.74, 6) is -1.60. The molecular weight excluding hydrogens is 368 g/mol. The number of phenolic OH excluding ortho intramolecular Hbond substituents is 2. The van der Waals surface area contributed by atoms with Gasteiger partial charge in [-0.2, -0.15) is 8.42 Å². The first-order valence-electron chi connectivity index (χ1n) is 7.03. The van der Waals surface area contributed by atoms with Crippen molar-refractivity contribution in [2.75, 3.05) is 7.11 Å². The van der Waals surface area contributed by atoms with Gasteiger partial charge < -0.3 is 23.6 Å². The van der Waals surface area contributed by atoms with Crippen molar-refractivity contribution in [3.05, 3.63) is 46.6 Å². The lowest BCUT2D eigenvalue weighted by atomic mass is 10.1. The van der Waals surface area contributed by atoms with E-state index in [4.69, 9.17) is 13.7 Å². The minimum Gasteiger partial charge on any atom is -0.508 e. The van der Waals surface area contributed by atoms with Gasteiger partial charge in [0, 0.05) is 17.7 Å². The van der Waals surface area contributed by atoms with Crippen LogP contribution >= 0.6 is 0 Å². The molecule has 3 aromatic rings. The van der Waals surface area contributed by atoms with Crippen molar-refractivity contribution in [1.82, 2.24) is 0 Å². The predicted octanol–water partition coefficient (Wildman–Crippen LogP) is 2.06. The largest absolute Gasteiger partial charge is 0.508 e. The molecule has 1 heterocycles. The molecule has 0 spiro atoms. The molecule has 26 heavy (non-hydrogen) atoms. The van der Waals surface area contributed by atoms with Gasteiger partial charge in [-0.05, 0) is 24.3 Å². The van der Waals surface area contributed by atoms with Crippen LogP contribution in [0.1, 0.15) is 0 Å². The summed E-state index contributed by atoms with van der Waals surface area (Å²) in [6.07, 6.45) is 0. The Hall–Kier alpha value is -3.24. The molecule has 0 fully saturated rings. The normalized spacial score (nSPS) is 11.5. The van der Waals surface area contributed by atoms with Crippen molar-refractivity contribution in [2.45, 2.75) is 0 Å². The van der Waals surface area contributed by atoms with Gasteiger partial charge in [0.1, 0.15) is 22.5 Å². The van der Waals surface area contributed by atoms with Gasteiger partial charge >= 0.3 is 10.4 Å². The Morgan fingerprint density at radius 2 is 1.73 bits per heavy atom. The molecule has 1 aromatic heterocycles. The minimum absolute atomic E-state index is 0.0168. The van der Waals surface area contributed by atoms with Crippen LogP contribution in [0.3, 0.4) is 0 Å². The maximum atomic E-state index is 12.4. The first-order valence-corrected chi connectivity index (χ1v) is 8.40. The zero-order valence-corrected chi connectivity index (χ0v) is 14.0. The first-order chi connectivity index (χ1) is 12.2. The van der Waals surface area contributed by atoms with Crippen LogP contribution in [0.2, 0.25) is 0 Å². The van der Waals surface area contributed by atoms with E-state index in [0.29, 0.717) is 5.56 Å². The third-order valence-electron chi connectivity index (χ3n) is 3.46. The molecule has 0 aliphatic heterocycles. The number of hydrogen-bond donors (Lipinski definition) is 3. The molecule has 0 amide bonds. The molecule has 2 aromatic carbocycles. The molecule has 3 N–H and O–H groups in total. The van der Waals surface area contributed by atoms with Crippen molar-refractivity contribution in [2.24, 2.45) is 0 Å². The van der Waals surface area contributed by atoms with E-state index < -0.39 is 33.1 Å². The van der Waals surface area contributed by atoms with Crippen LogP contribution in [0, 0.1) is 0 Å². The van der Waals surface area contributed by atoms with Gasteiger partial charge in [-0.15, -0.1) is 0 Å². The zero-order chi connectivity index (χ0) is 19.1. The quantitative estimate of drug-likeness (QED) is 0.579. The Kier molecular flexibility index (Phi) is 4.22. The van der Waals surface area contributed by atoms with E-state index in [9.17, 15) is 23.4 Å². The van der Waals surface area contributed by atoms with Crippen LogP contribution in [-0.4, -0.2) is 30.3 Å². The number of rotatable bonds is 4. The summed E-state index contributed by atoms with van der Waals surface area (Å²) < 4.78 is 45.6. The summed E-state index contributed by atoms with van der Waals surface area (Å²) in [5.41, 5.74) is -0.365. The second-order valence-corrected chi connectivity index (χ2v) is 6.18. The molecule has 0 unspecified atom stereocenters. The fourth-order valence-electron chi connectivity index (χ4n) is 2.40. The van der Waals surface area contributed by atoms with Crippen LogP contribution in [0.25, 0.3) is 22.3 Å². The number of ether oxygens (including phenoxy) is 1. The molecule has 0 saturated heterocycles. The molecule has 10 heteroatoms. The highest BCUT2D eigenvalue weighted by Gasteiger charge is 2.22. The van der Waals surface area contributed by atoms with E-state index in [1.807, 2.05) is 0 Å². The number of fused-ring (bicyclic) bond motifs is 1. The summed E-state index contributed by atoms with van der Waals surface area (Å²) in [6.45, 7) is 0. The van der Waals surface area contributed by atoms with Crippen LogP contribution < -0.4 is 14.3 Å². The van der Waals surface area contributed by atoms with Crippen LogP contribution in [0.5, 0.6) is 23.0 Å². The standard InChI is InChI=1S/C16H12O9S/c1-23-16-13(25-26(20,21)22)7-12-14(15(16)19)10(18)6-11(24-12)8-2-4-9(17)5-3-8/h2-7,17,19H,1H3,(H,20,21,22). The third-order valence-corrected chi connectivity index (χ3v) is 3.85. The highest BCUT2D eigenvalue weighted by atomic mass is 32.3. The molecule has 0 atom stereocenters. The number of methoxy groups -OCH3 is 1. The Morgan fingerprint density at radius 1 is 1.08 bits per heavy atom. The van der Waals surface area contributed by atoms with Crippen molar-refractivity contribution in [3.63, 3.8) is 0 Å². The lowest BCUT2D eigenvalue weighted by Gasteiger charge is -2.12. The van der Waals surface area contributed by atoms with E-state index >= 15 is 0 Å². The Labute approximate surface area is 146 Å². The van der Waals surface area contributed by atoms with Crippen LogP contribution in [0.4, 0.5) is 0 Å². The minimum atomic E-state index is -4.91. The number of hydrogen-bond acceptors (Lipinski definition) is 8. The van der Waals surface area contributed by atoms with E-state index in [1.54, 1.807) is 0 Å². The maximum absolute atomic E-state index is 12.4. The van der Waals surface area contributed by atoms with E-state index in [1.165, 1.54) is 24.3 Å². The number of phenols is 2. The molecule has 9 nitrogen and oxygen atoms in total. The van der Waals surface area contributed by atoms with Crippen molar-refractivity contribution in [3.8, 4) is 34.3 Å². The van der Waals surface area contributed by atoms with Crippen molar-refractivity contribution in [1.29, 1.82) is 0 Å². The van der Waals surface area contributed by atoms with Gasteiger partial charge in [0.05, 0.1) is 7.11 Å². The van der Waals surface area contributed by atoms with Gasteiger partial charge in [0.15, 0.2) is 16.9 Å². The van der Waals surface area contributed by atoms with Gasteiger partial charge in [-0.1, -0.05) is 0 Å². The molecule has 3 rings (SSSR count). The Bertz CT molecular complexity index is 1150. The summed E-state index contributed by atoms with van der Waals surface area (Å²) in [5, 5.41) is 19.3. The van der Waals surface area contributed by atoms with Gasteiger partial charge in [-0.3, -0.25) is 9.35 Å². The molecule has 0 aliphatic rings. The first kappa shape index (κ1) is 17.6. The van der Waals surface area contributed by atoms with E-state index in [2.05, 4.69) is 4.18 Å². The smallest absolute Gasteiger partial charge is 0.446 e. The SMILES string of the molecule is COc1c(OS(=O)(=O)O)cc2oc(-c3ccc(O)cc3)cc(=O)c2c1O. The summed E-state index contributed by atoms with van der Waals surface area (Å²) in [6, 6.07) is 7.89. The number of benzene rings is 2. The topological polar surface area (TPSA) is 144 Å². The summed E-state index contributed by atoms with van der Waals surface area (Å²) in [4.78, 5) is 12.4. The maximum Gasteiger partial charge on any atom is 0.446 e. The fourth-order valence-corrected chi connectivity index (χ4v) is 2.75. The highest BCUT2D eigenvalue weighted by Crippen LogP contribution is 2.42. The molecular formula is C16H12O9S. The van der Waals surface area contributed by atoms with Crippen molar-refractivity contribution >= 4 is 21.4 Å². The monoisotopic (exact) mass is 380 g/mol. The lowest BCUT2D eigenvalue weighted by molar-refractivity contribution is 0.344. The average molecular weight is 380 g/mol.